The van der Waals surface area contributed by atoms with E-state index < -0.39 is 10.0 Å². The number of pyridine rings is 1. The van der Waals surface area contributed by atoms with Crippen LogP contribution in [0.25, 0.3) is 17.6 Å². The van der Waals surface area contributed by atoms with Crippen LogP contribution in [0.1, 0.15) is 5.56 Å². The van der Waals surface area contributed by atoms with Crippen molar-refractivity contribution >= 4 is 16.1 Å². The molecule has 2 heterocycles. The number of aromatic nitrogens is 4. The smallest absolute Gasteiger partial charge is 0.277 e. The Morgan fingerprint density at radius 2 is 1.85 bits per heavy atom. The summed E-state index contributed by atoms with van der Waals surface area (Å²) in [5.41, 5.74) is 1.01. The van der Waals surface area contributed by atoms with E-state index in [-0.39, 0.29) is 18.8 Å². The number of benzene rings is 1. The van der Waals surface area contributed by atoms with Crippen molar-refractivity contribution in [2.75, 3.05) is 6.54 Å². The van der Waals surface area contributed by atoms with Crippen LogP contribution in [0.15, 0.2) is 64.9 Å². The van der Waals surface area contributed by atoms with Gasteiger partial charge < -0.3 is 0 Å². The molecule has 1 N–H and O–H groups in total. The van der Waals surface area contributed by atoms with Crippen molar-refractivity contribution in [1.29, 1.82) is 0 Å². The normalized spacial score (nSPS) is 11.9. The van der Waals surface area contributed by atoms with E-state index >= 15 is 0 Å². The van der Waals surface area contributed by atoms with Gasteiger partial charge >= 0.3 is 5.69 Å². The highest BCUT2D eigenvalue weighted by Crippen LogP contribution is 2.10. The third-order valence-electron chi connectivity index (χ3n) is 3.80. The summed E-state index contributed by atoms with van der Waals surface area (Å²) in [4.78, 5) is 16.5. The van der Waals surface area contributed by atoms with E-state index in [1.54, 1.807) is 43.6 Å². The summed E-state index contributed by atoms with van der Waals surface area (Å²) in [6.07, 6.45) is 3.13. The molecule has 140 valence electrons. The molecule has 1 aromatic carbocycles. The fraction of sp³-hybridized carbons (Fsp3) is 0.167. The predicted molar refractivity (Wildman–Crippen MR) is 103 cm³/mol. The molecule has 3 rings (SSSR count). The number of hydrogen-bond acceptors (Lipinski definition) is 5. The van der Waals surface area contributed by atoms with Crippen LogP contribution in [0.3, 0.4) is 0 Å². The van der Waals surface area contributed by atoms with Crippen LogP contribution in [0.4, 0.5) is 0 Å². The highest BCUT2D eigenvalue weighted by atomic mass is 32.2. The maximum absolute atomic E-state index is 12.3. The zero-order valence-corrected chi connectivity index (χ0v) is 15.5. The molecule has 0 aliphatic rings. The van der Waals surface area contributed by atoms with E-state index in [4.69, 9.17) is 0 Å². The van der Waals surface area contributed by atoms with Crippen molar-refractivity contribution in [3.05, 3.63) is 76.2 Å². The summed E-state index contributed by atoms with van der Waals surface area (Å²) in [7, 11) is -2.01. The Balaban J connectivity index is 1.65. The standard InChI is InChI=1S/C18H19N5O3S/c1-22-17(16-9-5-6-11-19-16)21-23(18(22)24)13-12-20-27(25,26)14-10-15-7-3-2-4-8-15/h2-11,14,20H,12-13H2,1H3/b14-10+. The summed E-state index contributed by atoms with van der Waals surface area (Å²) in [5, 5.41) is 5.34. The van der Waals surface area contributed by atoms with Crippen molar-refractivity contribution in [2.45, 2.75) is 6.54 Å². The summed E-state index contributed by atoms with van der Waals surface area (Å²) < 4.78 is 29.1. The maximum Gasteiger partial charge on any atom is 0.346 e. The second-order valence-electron chi connectivity index (χ2n) is 5.76. The molecule has 3 aromatic rings. The van der Waals surface area contributed by atoms with Gasteiger partial charge in [-0.15, -0.1) is 5.10 Å². The molecule has 0 aliphatic heterocycles. The van der Waals surface area contributed by atoms with Crippen LogP contribution >= 0.6 is 0 Å². The molecular weight excluding hydrogens is 366 g/mol. The molecule has 2 aromatic heterocycles. The van der Waals surface area contributed by atoms with Gasteiger partial charge in [0, 0.05) is 25.2 Å². The fourth-order valence-corrected chi connectivity index (χ4v) is 3.23. The molecule has 0 amide bonds. The molecule has 0 unspecified atom stereocenters. The summed E-state index contributed by atoms with van der Waals surface area (Å²) in [5.74, 6) is 0.424. The lowest BCUT2D eigenvalue weighted by atomic mass is 10.2. The van der Waals surface area contributed by atoms with E-state index in [0.29, 0.717) is 11.5 Å². The van der Waals surface area contributed by atoms with Gasteiger partial charge in [0.1, 0.15) is 5.69 Å². The van der Waals surface area contributed by atoms with E-state index in [0.717, 1.165) is 11.0 Å². The first-order chi connectivity index (χ1) is 13.0. The minimum Gasteiger partial charge on any atom is -0.277 e. The molecule has 9 heteroatoms. The zero-order chi connectivity index (χ0) is 19.3. The molecule has 0 bridgehead atoms. The Kier molecular flexibility index (Phi) is 5.63. The number of nitrogens with zero attached hydrogens (tertiary/aromatic N) is 4. The van der Waals surface area contributed by atoms with E-state index in [9.17, 15) is 13.2 Å². The highest BCUT2D eigenvalue weighted by Gasteiger charge is 2.13. The minimum atomic E-state index is -3.61. The predicted octanol–water partition coefficient (Wildman–Crippen LogP) is 1.23. The molecule has 0 aliphatic carbocycles. The lowest BCUT2D eigenvalue weighted by Gasteiger charge is -2.02. The number of rotatable bonds is 7. The monoisotopic (exact) mass is 385 g/mol. The molecule has 0 saturated carbocycles. The van der Waals surface area contributed by atoms with Crippen molar-refractivity contribution in [3.8, 4) is 11.5 Å². The van der Waals surface area contributed by atoms with E-state index in [2.05, 4.69) is 14.8 Å². The summed E-state index contributed by atoms with van der Waals surface area (Å²) in [6.45, 7) is 0.151. The molecule has 0 spiro atoms. The van der Waals surface area contributed by atoms with Gasteiger partial charge in [-0.05, 0) is 23.8 Å². The lowest BCUT2D eigenvalue weighted by Crippen LogP contribution is -2.30. The van der Waals surface area contributed by atoms with Gasteiger partial charge in [-0.1, -0.05) is 36.4 Å². The van der Waals surface area contributed by atoms with Gasteiger partial charge in [0.15, 0.2) is 5.82 Å². The Hall–Kier alpha value is -3.04. The van der Waals surface area contributed by atoms with Gasteiger partial charge in [0.25, 0.3) is 0 Å². The van der Waals surface area contributed by atoms with Crippen molar-refractivity contribution in [3.63, 3.8) is 0 Å². The van der Waals surface area contributed by atoms with Crippen molar-refractivity contribution < 1.29 is 8.42 Å². The largest absolute Gasteiger partial charge is 0.346 e. The van der Waals surface area contributed by atoms with Gasteiger partial charge in [0.05, 0.1) is 6.54 Å². The van der Waals surface area contributed by atoms with Crippen LogP contribution < -0.4 is 10.4 Å². The average Bonchev–Trinajstić information content (AvgIpc) is 2.96. The van der Waals surface area contributed by atoms with Crippen LogP contribution in [-0.2, 0) is 23.6 Å². The molecule has 0 radical (unpaired) electrons. The molecule has 8 nitrogen and oxygen atoms in total. The van der Waals surface area contributed by atoms with Crippen molar-refractivity contribution in [2.24, 2.45) is 7.05 Å². The third-order valence-corrected chi connectivity index (χ3v) is 4.90. The number of sulfonamides is 1. The van der Waals surface area contributed by atoms with Crippen LogP contribution in [0.2, 0.25) is 0 Å². The van der Waals surface area contributed by atoms with Gasteiger partial charge in [-0.3, -0.25) is 9.55 Å². The van der Waals surface area contributed by atoms with Gasteiger partial charge in [0.2, 0.25) is 10.0 Å². The summed E-state index contributed by atoms with van der Waals surface area (Å²) in [6, 6.07) is 14.4. The number of hydrogen-bond donors (Lipinski definition) is 1. The molecule has 27 heavy (non-hydrogen) atoms. The Bertz CT molecular complexity index is 1090. The SMILES string of the molecule is Cn1c(-c2ccccn2)nn(CCNS(=O)(=O)/C=C/c2ccccc2)c1=O. The lowest BCUT2D eigenvalue weighted by molar-refractivity contribution is 0.556. The first-order valence-electron chi connectivity index (χ1n) is 8.24. The van der Waals surface area contributed by atoms with Gasteiger partial charge in [-0.2, -0.15) is 0 Å². The van der Waals surface area contributed by atoms with E-state index in [1.807, 2.05) is 18.2 Å². The van der Waals surface area contributed by atoms with Crippen LogP contribution in [0, 0.1) is 0 Å². The second kappa shape index (κ2) is 8.11. The summed E-state index contributed by atoms with van der Waals surface area (Å²) >= 11 is 0. The Labute approximate surface area is 156 Å². The highest BCUT2D eigenvalue weighted by molar-refractivity contribution is 7.92. The first kappa shape index (κ1) is 18.7. The van der Waals surface area contributed by atoms with E-state index in [1.165, 1.54) is 15.3 Å². The number of nitrogens with one attached hydrogen (secondary N) is 1. The second-order valence-corrected chi connectivity index (χ2v) is 7.41. The molecule has 0 atom stereocenters. The average molecular weight is 385 g/mol. The van der Waals surface area contributed by atoms with Crippen LogP contribution in [-0.4, -0.2) is 34.3 Å². The molecular formula is C18H19N5O3S. The zero-order valence-electron chi connectivity index (χ0n) is 14.7. The first-order valence-corrected chi connectivity index (χ1v) is 9.79. The maximum atomic E-state index is 12.3. The molecule has 0 fully saturated rings. The van der Waals surface area contributed by atoms with Gasteiger partial charge in [-0.25, -0.2) is 22.6 Å². The Morgan fingerprint density at radius 1 is 1.11 bits per heavy atom. The van der Waals surface area contributed by atoms with Crippen LogP contribution in [0.5, 0.6) is 0 Å². The Morgan fingerprint density at radius 3 is 2.56 bits per heavy atom. The quantitative estimate of drug-likeness (QED) is 0.660. The fourth-order valence-electron chi connectivity index (χ4n) is 2.43. The van der Waals surface area contributed by atoms with Crippen molar-refractivity contribution in [1.82, 2.24) is 24.1 Å². The minimum absolute atomic E-state index is 0.0417. The third kappa shape index (κ3) is 4.78. The molecule has 0 saturated heterocycles. The topological polar surface area (TPSA) is 98.9 Å².